The van der Waals surface area contributed by atoms with Gasteiger partial charge in [-0.25, -0.2) is 0 Å². The maximum absolute atomic E-state index is 6.14. The fraction of sp³-hybridized carbons (Fsp3) is 0.500. The summed E-state index contributed by atoms with van der Waals surface area (Å²) in [7, 11) is 1.80. The Hall–Kier alpha value is -1.32. The van der Waals surface area contributed by atoms with Gasteiger partial charge in [0.1, 0.15) is 5.75 Å². The molecule has 29 heavy (non-hydrogen) atoms. The molecule has 2 aromatic rings. The molecule has 2 atom stereocenters. The lowest BCUT2D eigenvalue weighted by atomic mass is 10.1. The van der Waals surface area contributed by atoms with Crippen LogP contribution in [0.4, 0.5) is 0 Å². The van der Waals surface area contributed by atoms with Crippen LogP contribution in [-0.4, -0.2) is 39.4 Å². The van der Waals surface area contributed by atoms with E-state index >= 15 is 0 Å². The number of benzene rings is 1. The fourth-order valence-corrected chi connectivity index (χ4v) is 3.97. The quantitative estimate of drug-likeness (QED) is 0.299. The van der Waals surface area contributed by atoms with E-state index in [1.54, 1.807) is 18.4 Å². The van der Waals surface area contributed by atoms with Crippen LogP contribution in [0.2, 0.25) is 0 Å². The van der Waals surface area contributed by atoms with Crippen molar-refractivity contribution < 1.29 is 9.47 Å². The van der Waals surface area contributed by atoms with Gasteiger partial charge in [0.05, 0.1) is 13.2 Å². The Labute approximate surface area is 195 Å². The molecule has 3 rings (SSSR count). The molecule has 2 heterocycles. The molecule has 2 unspecified atom stereocenters. The summed E-state index contributed by atoms with van der Waals surface area (Å²) in [4.78, 5) is 5.74. The Morgan fingerprint density at radius 2 is 2.21 bits per heavy atom. The first-order valence-corrected chi connectivity index (χ1v) is 10.8. The molecule has 1 aromatic carbocycles. The first-order chi connectivity index (χ1) is 13.7. The smallest absolute Gasteiger partial charge is 0.191 e. The molecule has 0 amide bonds. The molecule has 1 aliphatic rings. The van der Waals surface area contributed by atoms with Crippen molar-refractivity contribution in [1.29, 1.82) is 0 Å². The van der Waals surface area contributed by atoms with E-state index in [0.29, 0.717) is 25.0 Å². The van der Waals surface area contributed by atoms with Crippen molar-refractivity contribution in [2.24, 2.45) is 10.9 Å². The lowest BCUT2D eigenvalue weighted by Crippen LogP contribution is -2.38. The second kappa shape index (κ2) is 12.4. The van der Waals surface area contributed by atoms with Gasteiger partial charge in [-0.3, -0.25) is 4.99 Å². The maximum atomic E-state index is 6.14. The van der Waals surface area contributed by atoms with E-state index in [1.165, 1.54) is 10.4 Å². The summed E-state index contributed by atoms with van der Waals surface area (Å²) in [5.41, 5.74) is 2.34. The molecule has 1 aliphatic heterocycles. The van der Waals surface area contributed by atoms with Gasteiger partial charge in [-0.15, -0.1) is 35.3 Å². The van der Waals surface area contributed by atoms with Crippen molar-refractivity contribution >= 4 is 41.3 Å². The van der Waals surface area contributed by atoms with Gasteiger partial charge in [0.2, 0.25) is 0 Å². The second-order valence-electron chi connectivity index (χ2n) is 7.37. The number of aliphatic imine (C=N–C) groups is 1. The third kappa shape index (κ3) is 7.46. The number of nitrogens with one attached hydrogen (secondary N) is 2. The normalized spacial score (nSPS) is 17.5. The van der Waals surface area contributed by atoms with E-state index < -0.39 is 0 Å². The summed E-state index contributed by atoms with van der Waals surface area (Å²) < 4.78 is 11.6. The molecule has 0 aliphatic carbocycles. The van der Waals surface area contributed by atoms with Crippen molar-refractivity contribution in [3.05, 3.63) is 51.7 Å². The zero-order chi connectivity index (χ0) is 19.8. The summed E-state index contributed by atoms with van der Waals surface area (Å²) in [6.07, 6.45) is 1.08. The van der Waals surface area contributed by atoms with E-state index in [-0.39, 0.29) is 24.0 Å². The average molecular weight is 529 g/mol. The maximum Gasteiger partial charge on any atom is 0.191 e. The molecule has 0 saturated carbocycles. The standard InChI is InChI=1S/C22H31N3O2S.HI/c1-16-6-7-19(20(11-16)27-15-18-8-9-26-14-18)13-25-22(23-3)24-12-17(2)21-5-4-10-28-21;/h4-7,10-11,17-18H,8-9,12-15H2,1-3H3,(H2,23,24,25);1H. The zero-order valence-electron chi connectivity index (χ0n) is 17.4. The molecule has 5 nitrogen and oxygen atoms in total. The van der Waals surface area contributed by atoms with E-state index in [2.05, 4.69) is 65.2 Å². The van der Waals surface area contributed by atoms with Crippen molar-refractivity contribution in [1.82, 2.24) is 10.6 Å². The Balaban J connectivity index is 0.00000300. The lowest BCUT2D eigenvalue weighted by Gasteiger charge is -2.18. The zero-order valence-corrected chi connectivity index (χ0v) is 20.6. The second-order valence-corrected chi connectivity index (χ2v) is 8.35. The molecule has 7 heteroatoms. The largest absolute Gasteiger partial charge is 0.493 e. The molecule has 0 radical (unpaired) electrons. The molecule has 1 aromatic heterocycles. The summed E-state index contributed by atoms with van der Waals surface area (Å²) >= 11 is 1.79. The monoisotopic (exact) mass is 529 g/mol. The van der Waals surface area contributed by atoms with Gasteiger partial charge in [-0.1, -0.05) is 25.1 Å². The van der Waals surface area contributed by atoms with Crippen LogP contribution in [0.3, 0.4) is 0 Å². The number of ether oxygens (including phenoxy) is 2. The fourth-order valence-electron chi connectivity index (χ4n) is 3.19. The van der Waals surface area contributed by atoms with Crippen molar-refractivity contribution in [2.45, 2.75) is 32.7 Å². The van der Waals surface area contributed by atoms with Crippen LogP contribution in [0.15, 0.2) is 40.7 Å². The minimum atomic E-state index is 0. The van der Waals surface area contributed by atoms with Crippen molar-refractivity contribution in [2.75, 3.05) is 33.4 Å². The lowest BCUT2D eigenvalue weighted by molar-refractivity contribution is 0.166. The molecular weight excluding hydrogens is 497 g/mol. The molecule has 1 fully saturated rings. The number of thiophene rings is 1. The van der Waals surface area contributed by atoms with E-state index in [4.69, 9.17) is 9.47 Å². The number of hydrogen-bond acceptors (Lipinski definition) is 4. The number of hydrogen-bond donors (Lipinski definition) is 2. The third-order valence-electron chi connectivity index (χ3n) is 5.00. The van der Waals surface area contributed by atoms with Crippen LogP contribution < -0.4 is 15.4 Å². The van der Waals surface area contributed by atoms with Gasteiger partial charge in [-0.05, 0) is 36.4 Å². The Morgan fingerprint density at radius 1 is 1.34 bits per heavy atom. The van der Waals surface area contributed by atoms with Gasteiger partial charge in [-0.2, -0.15) is 0 Å². The minimum Gasteiger partial charge on any atom is -0.493 e. The van der Waals surface area contributed by atoms with Gasteiger partial charge in [0.15, 0.2) is 5.96 Å². The molecule has 0 bridgehead atoms. The van der Waals surface area contributed by atoms with Crippen molar-refractivity contribution in [3.63, 3.8) is 0 Å². The molecule has 0 spiro atoms. The van der Waals surface area contributed by atoms with E-state index in [9.17, 15) is 0 Å². The highest BCUT2D eigenvalue weighted by atomic mass is 127. The van der Waals surface area contributed by atoms with Gasteiger partial charge in [0.25, 0.3) is 0 Å². The summed E-state index contributed by atoms with van der Waals surface area (Å²) in [5.74, 6) is 2.70. The van der Waals surface area contributed by atoms with E-state index in [0.717, 1.165) is 43.5 Å². The summed E-state index contributed by atoms with van der Waals surface area (Å²) in [6, 6.07) is 10.6. The number of aryl methyl sites for hydroxylation is 1. The van der Waals surface area contributed by atoms with Gasteiger partial charge >= 0.3 is 0 Å². The number of nitrogens with zero attached hydrogens (tertiary/aromatic N) is 1. The van der Waals surface area contributed by atoms with Crippen LogP contribution in [-0.2, 0) is 11.3 Å². The first-order valence-electron chi connectivity index (χ1n) is 9.93. The predicted molar refractivity (Wildman–Crippen MR) is 132 cm³/mol. The summed E-state index contributed by atoms with van der Waals surface area (Å²) in [6.45, 7) is 8.20. The molecule has 2 N–H and O–H groups in total. The highest BCUT2D eigenvalue weighted by Crippen LogP contribution is 2.23. The molecular formula is C22H32IN3O2S. The highest BCUT2D eigenvalue weighted by molar-refractivity contribution is 14.0. The van der Waals surface area contributed by atoms with Crippen LogP contribution >= 0.6 is 35.3 Å². The number of halogens is 1. The van der Waals surface area contributed by atoms with Crippen LogP contribution in [0.25, 0.3) is 0 Å². The SMILES string of the molecule is CN=C(NCc1ccc(C)cc1OCC1CCOC1)NCC(C)c1cccs1.I. The third-order valence-corrected chi connectivity index (χ3v) is 6.10. The Kier molecular flexibility index (Phi) is 10.2. The number of rotatable bonds is 8. The summed E-state index contributed by atoms with van der Waals surface area (Å²) in [5, 5.41) is 8.96. The highest BCUT2D eigenvalue weighted by Gasteiger charge is 2.17. The predicted octanol–water partition coefficient (Wildman–Crippen LogP) is 4.56. The Bertz CT molecular complexity index is 761. The van der Waals surface area contributed by atoms with Crippen LogP contribution in [0.5, 0.6) is 5.75 Å². The average Bonchev–Trinajstić information content (AvgIpc) is 3.41. The van der Waals surface area contributed by atoms with Crippen LogP contribution in [0, 0.1) is 12.8 Å². The topological polar surface area (TPSA) is 54.9 Å². The molecule has 1 saturated heterocycles. The van der Waals surface area contributed by atoms with Crippen LogP contribution in [0.1, 0.15) is 35.3 Å². The first kappa shape index (κ1) is 24.0. The van der Waals surface area contributed by atoms with Crippen molar-refractivity contribution in [3.8, 4) is 5.75 Å². The number of guanidine groups is 1. The van der Waals surface area contributed by atoms with E-state index in [1.807, 2.05) is 0 Å². The Morgan fingerprint density at radius 3 is 2.90 bits per heavy atom. The minimum absolute atomic E-state index is 0. The van der Waals surface area contributed by atoms with Gasteiger partial charge in [0, 0.05) is 49.0 Å². The molecule has 160 valence electrons. The van der Waals surface area contributed by atoms with Gasteiger partial charge < -0.3 is 20.1 Å².